The van der Waals surface area contributed by atoms with E-state index in [-0.39, 0.29) is 18.5 Å². The second-order valence-corrected chi connectivity index (χ2v) is 6.90. The largest absolute Gasteiger partial charge is 0.387 e. The van der Waals surface area contributed by atoms with Crippen LogP contribution in [-0.4, -0.2) is 35.4 Å². The van der Waals surface area contributed by atoms with Gasteiger partial charge in [0.2, 0.25) is 0 Å². The molecule has 3 N–H and O–H groups in total. The number of carbonyl (C=O) groups excluding carboxylic acids is 3. The standard InChI is InChI=1S/C21H23N3O4/c1-13(2)24-16-11-7-6-10-15(16)18(21(24)28)23-20(27)19(26)22-12-17(25)14-8-4-3-5-9-14/h3-11,13,17-18,25H,12H2,1-2H3,(H,22,26)(H,23,27)/t17-,18-/m1/s1. The first-order valence-corrected chi connectivity index (χ1v) is 9.14. The summed E-state index contributed by atoms with van der Waals surface area (Å²) in [6.07, 6.45) is -0.928. The molecule has 146 valence electrons. The molecular weight excluding hydrogens is 358 g/mol. The normalized spacial score (nSPS) is 16.6. The first-order chi connectivity index (χ1) is 13.4. The average molecular weight is 381 g/mol. The summed E-state index contributed by atoms with van der Waals surface area (Å²) in [4.78, 5) is 38.8. The van der Waals surface area contributed by atoms with Gasteiger partial charge < -0.3 is 20.6 Å². The molecule has 1 heterocycles. The zero-order chi connectivity index (χ0) is 20.3. The fraction of sp³-hybridized carbons (Fsp3) is 0.286. The van der Waals surface area contributed by atoms with E-state index in [2.05, 4.69) is 10.6 Å². The Balaban J connectivity index is 1.64. The maximum atomic E-state index is 12.8. The van der Waals surface area contributed by atoms with Gasteiger partial charge in [-0.25, -0.2) is 0 Å². The van der Waals surface area contributed by atoms with Gasteiger partial charge in [0.05, 0.1) is 6.10 Å². The molecule has 0 saturated carbocycles. The first-order valence-electron chi connectivity index (χ1n) is 9.14. The van der Waals surface area contributed by atoms with Crippen LogP contribution < -0.4 is 15.5 Å². The van der Waals surface area contributed by atoms with Crippen molar-refractivity contribution in [2.24, 2.45) is 0 Å². The van der Waals surface area contributed by atoms with Crippen molar-refractivity contribution in [2.45, 2.75) is 32.0 Å². The number of benzene rings is 2. The van der Waals surface area contributed by atoms with Crippen molar-refractivity contribution < 1.29 is 19.5 Å². The molecule has 2 aromatic rings. The Morgan fingerprint density at radius 2 is 1.68 bits per heavy atom. The maximum absolute atomic E-state index is 12.8. The molecule has 2 atom stereocenters. The van der Waals surface area contributed by atoms with Gasteiger partial charge in [-0.1, -0.05) is 48.5 Å². The van der Waals surface area contributed by atoms with Gasteiger partial charge >= 0.3 is 11.8 Å². The van der Waals surface area contributed by atoms with Crippen molar-refractivity contribution in [1.29, 1.82) is 0 Å². The summed E-state index contributed by atoms with van der Waals surface area (Å²) in [5.41, 5.74) is 2.02. The van der Waals surface area contributed by atoms with E-state index >= 15 is 0 Å². The third-order valence-corrected chi connectivity index (χ3v) is 4.63. The number of amides is 3. The molecule has 0 fully saturated rings. The summed E-state index contributed by atoms with van der Waals surface area (Å²) in [5.74, 6) is -2.09. The highest BCUT2D eigenvalue weighted by Crippen LogP contribution is 2.36. The molecule has 0 spiro atoms. The van der Waals surface area contributed by atoms with Gasteiger partial charge in [0.1, 0.15) is 6.04 Å². The van der Waals surface area contributed by atoms with Crippen LogP contribution in [0.5, 0.6) is 0 Å². The van der Waals surface area contributed by atoms with E-state index < -0.39 is 24.0 Å². The number of hydrogen-bond donors (Lipinski definition) is 3. The summed E-state index contributed by atoms with van der Waals surface area (Å²) >= 11 is 0. The van der Waals surface area contributed by atoms with Gasteiger partial charge in [-0.2, -0.15) is 0 Å². The van der Waals surface area contributed by atoms with Crippen molar-refractivity contribution >= 4 is 23.4 Å². The number of hydrogen-bond acceptors (Lipinski definition) is 4. The predicted molar refractivity (Wildman–Crippen MR) is 104 cm³/mol. The molecule has 0 saturated heterocycles. The van der Waals surface area contributed by atoms with Gasteiger partial charge in [-0.05, 0) is 25.5 Å². The molecule has 1 aliphatic rings. The van der Waals surface area contributed by atoms with Crippen LogP contribution in [0.25, 0.3) is 0 Å². The number of carbonyl (C=O) groups is 3. The lowest BCUT2D eigenvalue weighted by Gasteiger charge is -2.22. The molecule has 3 rings (SSSR count). The Kier molecular flexibility index (Phi) is 5.75. The van der Waals surface area contributed by atoms with Gasteiger partial charge in [0, 0.05) is 23.8 Å². The number of aliphatic hydroxyl groups excluding tert-OH is 1. The minimum Gasteiger partial charge on any atom is -0.387 e. The lowest BCUT2D eigenvalue weighted by atomic mass is 10.1. The second kappa shape index (κ2) is 8.22. The summed E-state index contributed by atoms with van der Waals surface area (Å²) in [6.45, 7) is 3.66. The lowest BCUT2D eigenvalue weighted by molar-refractivity contribution is -0.140. The Morgan fingerprint density at radius 1 is 1.04 bits per heavy atom. The number of aliphatic hydroxyl groups is 1. The molecule has 0 radical (unpaired) electrons. The highest BCUT2D eigenvalue weighted by molar-refractivity contribution is 6.35. The van der Waals surface area contributed by atoms with Gasteiger partial charge in [-0.3, -0.25) is 14.4 Å². The zero-order valence-corrected chi connectivity index (χ0v) is 15.8. The average Bonchev–Trinajstić information content (AvgIpc) is 2.98. The van der Waals surface area contributed by atoms with Crippen LogP contribution in [0.3, 0.4) is 0 Å². The topological polar surface area (TPSA) is 98.7 Å². The van der Waals surface area contributed by atoms with Crippen LogP contribution in [0.2, 0.25) is 0 Å². The van der Waals surface area contributed by atoms with Crippen LogP contribution in [0, 0.1) is 0 Å². The molecule has 0 bridgehead atoms. The number of fused-ring (bicyclic) bond motifs is 1. The van der Waals surface area contributed by atoms with Crippen LogP contribution in [0.15, 0.2) is 54.6 Å². The smallest absolute Gasteiger partial charge is 0.310 e. The van der Waals surface area contributed by atoms with Crippen LogP contribution >= 0.6 is 0 Å². The fourth-order valence-electron chi connectivity index (χ4n) is 3.27. The quantitative estimate of drug-likeness (QED) is 0.683. The number of rotatable bonds is 5. The van der Waals surface area contributed by atoms with E-state index in [9.17, 15) is 19.5 Å². The minimum absolute atomic E-state index is 0.0783. The van der Waals surface area contributed by atoms with E-state index in [1.165, 1.54) is 0 Å². The molecule has 0 aromatic heterocycles. The third-order valence-electron chi connectivity index (χ3n) is 4.63. The van der Waals surface area contributed by atoms with Crippen molar-refractivity contribution in [3.05, 3.63) is 65.7 Å². The Bertz CT molecular complexity index is 882. The number of nitrogens with zero attached hydrogens (tertiary/aromatic N) is 1. The number of anilines is 1. The third kappa shape index (κ3) is 3.89. The predicted octanol–water partition coefficient (Wildman–Crippen LogP) is 1.45. The fourth-order valence-corrected chi connectivity index (χ4v) is 3.27. The first kappa shape index (κ1) is 19.6. The van der Waals surface area contributed by atoms with Crippen LogP contribution in [0.1, 0.15) is 37.1 Å². The summed E-state index contributed by atoms with van der Waals surface area (Å²) in [7, 11) is 0. The van der Waals surface area contributed by atoms with E-state index in [4.69, 9.17) is 0 Å². The Labute approximate surface area is 163 Å². The van der Waals surface area contributed by atoms with E-state index in [1.54, 1.807) is 41.3 Å². The molecule has 0 unspecified atom stereocenters. The minimum atomic E-state index is -0.928. The molecule has 7 heteroatoms. The Hall–Kier alpha value is -3.19. The van der Waals surface area contributed by atoms with Crippen molar-refractivity contribution in [3.8, 4) is 0 Å². The SMILES string of the molecule is CC(C)N1C(=O)[C@H](NC(=O)C(=O)NC[C@@H](O)c2ccccc2)c2ccccc21. The molecule has 3 amide bonds. The number of nitrogens with one attached hydrogen (secondary N) is 2. The lowest BCUT2D eigenvalue weighted by Crippen LogP contribution is -2.46. The Morgan fingerprint density at radius 3 is 2.36 bits per heavy atom. The number of para-hydroxylation sites is 1. The monoisotopic (exact) mass is 381 g/mol. The molecular formula is C21H23N3O4. The summed E-state index contributed by atoms with van der Waals surface area (Å²) < 4.78 is 0. The van der Waals surface area contributed by atoms with E-state index in [1.807, 2.05) is 32.0 Å². The summed E-state index contributed by atoms with van der Waals surface area (Å²) in [5, 5.41) is 15.0. The zero-order valence-electron chi connectivity index (χ0n) is 15.8. The van der Waals surface area contributed by atoms with Gasteiger partial charge in [0.25, 0.3) is 5.91 Å². The van der Waals surface area contributed by atoms with Crippen molar-refractivity contribution in [2.75, 3.05) is 11.4 Å². The molecule has 1 aliphatic heterocycles. The van der Waals surface area contributed by atoms with Crippen molar-refractivity contribution in [1.82, 2.24) is 10.6 Å². The van der Waals surface area contributed by atoms with Crippen LogP contribution in [0.4, 0.5) is 5.69 Å². The van der Waals surface area contributed by atoms with Gasteiger partial charge in [-0.15, -0.1) is 0 Å². The highest BCUT2D eigenvalue weighted by Gasteiger charge is 2.39. The molecule has 7 nitrogen and oxygen atoms in total. The van der Waals surface area contributed by atoms with E-state index in [0.29, 0.717) is 11.1 Å². The molecule has 28 heavy (non-hydrogen) atoms. The van der Waals surface area contributed by atoms with E-state index in [0.717, 1.165) is 5.69 Å². The van der Waals surface area contributed by atoms with Crippen molar-refractivity contribution in [3.63, 3.8) is 0 Å². The highest BCUT2D eigenvalue weighted by atomic mass is 16.3. The second-order valence-electron chi connectivity index (χ2n) is 6.90. The van der Waals surface area contributed by atoms with Gasteiger partial charge in [0.15, 0.2) is 0 Å². The molecule has 2 aromatic carbocycles. The van der Waals surface area contributed by atoms with Crippen LogP contribution in [-0.2, 0) is 14.4 Å². The molecule has 0 aliphatic carbocycles. The summed E-state index contributed by atoms with van der Waals surface area (Å²) in [6, 6.07) is 15.0. The maximum Gasteiger partial charge on any atom is 0.310 e.